The lowest BCUT2D eigenvalue weighted by atomic mass is 10.1. The van der Waals surface area contributed by atoms with Crippen LogP contribution in [-0.2, 0) is 6.54 Å². The summed E-state index contributed by atoms with van der Waals surface area (Å²) in [4.78, 5) is 10.6. The Bertz CT molecular complexity index is 923. The molecule has 0 aliphatic carbocycles. The van der Waals surface area contributed by atoms with Gasteiger partial charge in [0.05, 0.1) is 29.8 Å². The van der Waals surface area contributed by atoms with Crippen LogP contribution in [0.25, 0.3) is 11.0 Å². The molecule has 3 aromatic rings. The number of rotatable bonds is 4. The van der Waals surface area contributed by atoms with Gasteiger partial charge in [0.25, 0.3) is 0 Å². The van der Waals surface area contributed by atoms with Crippen molar-refractivity contribution in [1.29, 1.82) is 5.26 Å². The number of hydrogen-bond donors (Lipinski definition) is 1. The number of methoxy groups -OCH3 is 1. The third-order valence-corrected chi connectivity index (χ3v) is 4.85. The van der Waals surface area contributed by atoms with Crippen LogP contribution in [0.15, 0.2) is 42.5 Å². The van der Waals surface area contributed by atoms with Crippen LogP contribution in [-0.4, -0.2) is 35.1 Å². The van der Waals surface area contributed by atoms with E-state index in [0.29, 0.717) is 11.5 Å². The lowest BCUT2D eigenvalue weighted by molar-refractivity contribution is 0.325. The van der Waals surface area contributed by atoms with Crippen LogP contribution in [0.2, 0.25) is 0 Å². The third kappa shape index (κ3) is 3.21. The van der Waals surface area contributed by atoms with Crippen LogP contribution in [0.1, 0.15) is 29.3 Å². The minimum atomic E-state index is 0.413. The first-order valence-electron chi connectivity index (χ1n) is 8.50. The van der Waals surface area contributed by atoms with Gasteiger partial charge in [-0.05, 0) is 48.9 Å². The van der Waals surface area contributed by atoms with Crippen molar-refractivity contribution >= 4 is 11.0 Å². The summed E-state index contributed by atoms with van der Waals surface area (Å²) < 4.78 is 5.21. The highest BCUT2D eigenvalue weighted by Crippen LogP contribution is 2.28. The average Bonchev–Trinajstić information content (AvgIpc) is 3.28. The highest BCUT2D eigenvalue weighted by molar-refractivity contribution is 5.76. The van der Waals surface area contributed by atoms with E-state index < -0.39 is 0 Å². The molecule has 0 saturated carbocycles. The van der Waals surface area contributed by atoms with Crippen molar-refractivity contribution in [2.75, 3.05) is 20.2 Å². The van der Waals surface area contributed by atoms with E-state index in [2.05, 4.69) is 28.1 Å². The summed E-state index contributed by atoms with van der Waals surface area (Å²) in [7, 11) is 1.69. The average molecular weight is 332 g/mol. The van der Waals surface area contributed by atoms with Crippen molar-refractivity contribution in [2.24, 2.45) is 0 Å². The number of ether oxygens (including phenoxy) is 1. The van der Waals surface area contributed by atoms with Crippen LogP contribution in [0.4, 0.5) is 0 Å². The number of aromatic nitrogens is 2. The van der Waals surface area contributed by atoms with Gasteiger partial charge in [0.1, 0.15) is 11.6 Å². The Morgan fingerprint density at radius 1 is 1.28 bits per heavy atom. The smallest absolute Gasteiger partial charge is 0.118 e. The third-order valence-electron chi connectivity index (χ3n) is 4.85. The minimum absolute atomic E-state index is 0.413. The lowest BCUT2D eigenvalue weighted by Crippen LogP contribution is -2.19. The molecule has 126 valence electrons. The zero-order chi connectivity index (χ0) is 17.2. The van der Waals surface area contributed by atoms with Crippen molar-refractivity contribution in [3.63, 3.8) is 0 Å². The molecule has 0 amide bonds. The summed E-state index contributed by atoms with van der Waals surface area (Å²) >= 11 is 0. The number of nitrogens with one attached hydrogen (secondary N) is 1. The molecule has 0 bridgehead atoms. The normalized spacial score (nSPS) is 17.7. The Morgan fingerprint density at radius 3 is 2.88 bits per heavy atom. The maximum Gasteiger partial charge on any atom is 0.118 e. The number of aromatic amines is 1. The van der Waals surface area contributed by atoms with Gasteiger partial charge in [-0.3, -0.25) is 4.90 Å². The second-order valence-corrected chi connectivity index (χ2v) is 6.53. The molecular formula is C20H20N4O. The van der Waals surface area contributed by atoms with Gasteiger partial charge in [0, 0.05) is 19.0 Å². The molecule has 1 fully saturated rings. The van der Waals surface area contributed by atoms with Gasteiger partial charge in [-0.1, -0.05) is 12.1 Å². The fourth-order valence-corrected chi connectivity index (χ4v) is 3.48. The standard InChI is InChI=1S/C20H20N4O/c1-25-17-5-2-14(3-6-17)12-24-9-8-16(13-24)20-22-18-7-4-15(11-21)10-19(18)23-20/h2-7,10,16H,8-9,12-13H2,1H3,(H,22,23)/t16-/m0/s1. The van der Waals surface area contributed by atoms with Crippen molar-refractivity contribution in [2.45, 2.75) is 18.9 Å². The van der Waals surface area contributed by atoms with E-state index in [4.69, 9.17) is 15.0 Å². The Balaban J connectivity index is 1.45. The zero-order valence-electron chi connectivity index (χ0n) is 14.2. The summed E-state index contributed by atoms with van der Waals surface area (Å²) in [6, 6.07) is 16.0. The van der Waals surface area contributed by atoms with Crippen LogP contribution in [0.3, 0.4) is 0 Å². The molecule has 2 heterocycles. The van der Waals surface area contributed by atoms with Crippen molar-refractivity contribution in [3.05, 3.63) is 59.4 Å². The van der Waals surface area contributed by atoms with Gasteiger partial charge < -0.3 is 9.72 Å². The van der Waals surface area contributed by atoms with E-state index in [9.17, 15) is 0 Å². The van der Waals surface area contributed by atoms with Gasteiger partial charge in [0.15, 0.2) is 0 Å². The maximum atomic E-state index is 9.02. The molecule has 1 saturated heterocycles. The lowest BCUT2D eigenvalue weighted by Gasteiger charge is -2.15. The highest BCUT2D eigenvalue weighted by atomic mass is 16.5. The van der Waals surface area contributed by atoms with Crippen LogP contribution >= 0.6 is 0 Å². The molecule has 4 rings (SSSR count). The van der Waals surface area contributed by atoms with E-state index in [0.717, 1.165) is 48.7 Å². The predicted molar refractivity (Wildman–Crippen MR) is 96.4 cm³/mol. The second kappa shape index (κ2) is 6.58. The number of imidazole rings is 1. The van der Waals surface area contributed by atoms with Crippen LogP contribution in [0, 0.1) is 11.3 Å². The number of benzene rings is 2. The molecule has 1 aromatic heterocycles. The molecule has 1 N–H and O–H groups in total. The molecule has 5 nitrogen and oxygen atoms in total. The molecular weight excluding hydrogens is 312 g/mol. The summed E-state index contributed by atoms with van der Waals surface area (Å²) in [6.45, 7) is 3.01. The van der Waals surface area contributed by atoms with Crippen molar-refractivity contribution in [3.8, 4) is 11.8 Å². The number of nitriles is 1. The molecule has 2 aromatic carbocycles. The zero-order valence-corrected chi connectivity index (χ0v) is 14.2. The van der Waals surface area contributed by atoms with Gasteiger partial charge in [-0.25, -0.2) is 4.98 Å². The van der Waals surface area contributed by atoms with E-state index in [1.54, 1.807) is 7.11 Å². The number of fused-ring (bicyclic) bond motifs is 1. The van der Waals surface area contributed by atoms with Crippen LogP contribution < -0.4 is 4.74 Å². The Morgan fingerprint density at radius 2 is 2.12 bits per heavy atom. The molecule has 1 atom stereocenters. The van der Waals surface area contributed by atoms with Gasteiger partial charge in [0.2, 0.25) is 0 Å². The maximum absolute atomic E-state index is 9.02. The summed E-state index contributed by atoms with van der Waals surface area (Å²) in [5.74, 6) is 2.33. The Hall–Kier alpha value is -2.84. The number of H-pyrrole nitrogens is 1. The fourth-order valence-electron chi connectivity index (χ4n) is 3.48. The first-order chi connectivity index (χ1) is 12.2. The van der Waals surface area contributed by atoms with Gasteiger partial charge in [-0.2, -0.15) is 5.26 Å². The number of nitrogens with zero attached hydrogens (tertiary/aromatic N) is 3. The summed E-state index contributed by atoms with van der Waals surface area (Å²) in [5, 5.41) is 9.02. The summed E-state index contributed by atoms with van der Waals surface area (Å²) in [5.41, 5.74) is 3.84. The number of hydrogen-bond acceptors (Lipinski definition) is 4. The van der Waals surface area contributed by atoms with Gasteiger partial charge in [-0.15, -0.1) is 0 Å². The first-order valence-corrected chi connectivity index (χ1v) is 8.50. The SMILES string of the molecule is COc1ccc(CN2CC[C@H](c3nc4ccc(C#N)cc4[nH]3)C2)cc1. The largest absolute Gasteiger partial charge is 0.497 e. The van der Waals surface area contributed by atoms with E-state index in [1.165, 1.54) is 5.56 Å². The van der Waals surface area contributed by atoms with Crippen molar-refractivity contribution < 1.29 is 4.74 Å². The topological polar surface area (TPSA) is 64.9 Å². The minimum Gasteiger partial charge on any atom is -0.497 e. The molecule has 1 aliphatic rings. The highest BCUT2D eigenvalue weighted by Gasteiger charge is 2.26. The van der Waals surface area contributed by atoms with E-state index in [1.807, 2.05) is 30.3 Å². The van der Waals surface area contributed by atoms with E-state index >= 15 is 0 Å². The first kappa shape index (κ1) is 15.7. The molecule has 5 heteroatoms. The molecule has 0 unspecified atom stereocenters. The second-order valence-electron chi connectivity index (χ2n) is 6.53. The number of likely N-dealkylation sites (tertiary alicyclic amines) is 1. The quantitative estimate of drug-likeness (QED) is 0.795. The predicted octanol–water partition coefficient (Wildman–Crippen LogP) is 3.43. The summed E-state index contributed by atoms with van der Waals surface area (Å²) in [6.07, 6.45) is 1.10. The molecule has 0 spiro atoms. The van der Waals surface area contributed by atoms with Gasteiger partial charge >= 0.3 is 0 Å². The Labute approximate surface area is 146 Å². The molecule has 0 radical (unpaired) electrons. The monoisotopic (exact) mass is 332 g/mol. The van der Waals surface area contributed by atoms with Crippen LogP contribution in [0.5, 0.6) is 5.75 Å². The van der Waals surface area contributed by atoms with E-state index in [-0.39, 0.29) is 0 Å². The fraction of sp³-hybridized carbons (Fsp3) is 0.300. The molecule has 1 aliphatic heterocycles. The molecule has 25 heavy (non-hydrogen) atoms. The Kier molecular flexibility index (Phi) is 4.12. The van der Waals surface area contributed by atoms with Crippen molar-refractivity contribution in [1.82, 2.24) is 14.9 Å².